The second-order valence-corrected chi connectivity index (χ2v) is 4.56. The van der Waals surface area contributed by atoms with Crippen molar-refractivity contribution in [2.24, 2.45) is 0 Å². The van der Waals surface area contributed by atoms with Crippen molar-refractivity contribution in [3.63, 3.8) is 0 Å². The van der Waals surface area contributed by atoms with Crippen LogP contribution in [0, 0.1) is 0 Å². The Balaban J connectivity index is 1.97. The summed E-state index contributed by atoms with van der Waals surface area (Å²) in [5.41, 5.74) is 2.20. The van der Waals surface area contributed by atoms with Gasteiger partial charge in [-0.15, -0.1) is 0 Å². The van der Waals surface area contributed by atoms with Crippen LogP contribution in [0.3, 0.4) is 0 Å². The highest BCUT2D eigenvalue weighted by Gasteiger charge is 2.10. The van der Waals surface area contributed by atoms with E-state index in [4.69, 9.17) is 4.42 Å². The van der Waals surface area contributed by atoms with Crippen LogP contribution in [-0.4, -0.2) is 15.0 Å². The summed E-state index contributed by atoms with van der Waals surface area (Å²) in [6.07, 6.45) is 1.71. The van der Waals surface area contributed by atoms with Gasteiger partial charge in [-0.25, -0.2) is 14.8 Å². The molecule has 0 aliphatic heterocycles. The molecule has 0 fully saturated rings. The maximum absolute atomic E-state index is 12.0. The van der Waals surface area contributed by atoms with Gasteiger partial charge in [0, 0.05) is 6.20 Å². The fraction of sp³-hybridized carbons (Fsp3) is 0. The predicted molar refractivity (Wildman–Crippen MR) is 78.8 cm³/mol. The Bertz CT molecular complexity index is 1020. The van der Waals surface area contributed by atoms with E-state index in [1.807, 2.05) is 24.3 Å². The van der Waals surface area contributed by atoms with Gasteiger partial charge in [0.25, 0.3) is 0 Å². The molecule has 0 spiro atoms. The Labute approximate surface area is 118 Å². The lowest BCUT2D eigenvalue weighted by Gasteiger charge is -2.02. The summed E-state index contributed by atoms with van der Waals surface area (Å²) in [4.78, 5) is 25.0. The Kier molecular flexibility index (Phi) is 2.50. The summed E-state index contributed by atoms with van der Waals surface area (Å²) in [6.45, 7) is 0. The molecule has 0 aliphatic rings. The molecule has 0 saturated heterocycles. The van der Waals surface area contributed by atoms with E-state index in [-0.39, 0.29) is 5.89 Å². The van der Waals surface area contributed by atoms with Crippen LogP contribution in [0.1, 0.15) is 0 Å². The van der Waals surface area contributed by atoms with E-state index in [0.29, 0.717) is 16.6 Å². The van der Waals surface area contributed by atoms with Crippen molar-refractivity contribution >= 4 is 21.9 Å². The maximum Gasteiger partial charge on any atom is 0.347 e. The van der Waals surface area contributed by atoms with Crippen LogP contribution in [0.5, 0.6) is 0 Å². The second-order valence-electron chi connectivity index (χ2n) is 4.56. The molecule has 0 N–H and O–H groups in total. The van der Waals surface area contributed by atoms with Crippen LogP contribution in [0.4, 0.5) is 0 Å². The monoisotopic (exact) mass is 275 g/mol. The molecule has 21 heavy (non-hydrogen) atoms. The third kappa shape index (κ3) is 1.95. The minimum absolute atomic E-state index is 0.212. The van der Waals surface area contributed by atoms with Crippen LogP contribution in [0.25, 0.3) is 33.5 Å². The molecular weight excluding hydrogens is 266 g/mol. The van der Waals surface area contributed by atoms with E-state index in [2.05, 4.69) is 15.0 Å². The number of aromatic nitrogens is 3. The average Bonchev–Trinajstić information content (AvgIpc) is 2.54. The summed E-state index contributed by atoms with van der Waals surface area (Å²) < 4.78 is 5.28. The Morgan fingerprint density at radius 2 is 1.67 bits per heavy atom. The van der Waals surface area contributed by atoms with E-state index in [1.54, 1.807) is 30.5 Å². The third-order valence-electron chi connectivity index (χ3n) is 3.21. The molecule has 3 aromatic heterocycles. The molecule has 0 bridgehead atoms. The number of hydrogen-bond acceptors (Lipinski definition) is 5. The lowest BCUT2D eigenvalue weighted by Crippen LogP contribution is -2.03. The number of rotatable bonds is 1. The molecule has 4 aromatic rings. The summed E-state index contributed by atoms with van der Waals surface area (Å²) in [6, 6.07) is 14.3. The van der Waals surface area contributed by atoms with Gasteiger partial charge in [0.05, 0.1) is 21.9 Å². The number of para-hydroxylation sites is 1. The zero-order valence-corrected chi connectivity index (χ0v) is 10.9. The highest BCUT2D eigenvalue weighted by molar-refractivity contribution is 5.79. The van der Waals surface area contributed by atoms with Crippen molar-refractivity contribution in [1.82, 2.24) is 15.0 Å². The highest BCUT2D eigenvalue weighted by Crippen LogP contribution is 2.19. The zero-order valence-electron chi connectivity index (χ0n) is 10.9. The molecule has 5 nitrogen and oxygen atoms in total. The SMILES string of the molecule is O=c1oc(-c2ccc3ncccc3n2)nc2ccccc12. The first kappa shape index (κ1) is 11.7. The summed E-state index contributed by atoms with van der Waals surface area (Å²) in [5, 5.41) is 0.462. The van der Waals surface area contributed by atoms with Crippen LogP contribution < -0.4 is 5.63 Å². The number of fused-ring (bicyclic) bond motifs is 2. The number of benzene rings is 1. The Morgan fingerprint density at radius 1 is 0.810 bits per heavy atom. The van der Waals surface area contributed by atoms with E-state index < -0.39 is 5.63 Å². The second kappa shape index (κ2) is 4.49. The van der Waals surface area contributed by atoms with Gasteiger partial charge in [-0.1, -0.05) is 12.1 Å². The first-order valence-electron chi connectivity index (χ1n) is 6.43. The molecule has 1 aromatic carbocycles. The van der Waals surface area contributed by atoms with Crippen molar-refractivity contribution < 1.29 is 4.42 Å². The van der Waals surface area contributed by atoms with E-state index >= 15 is 0 Å². The molecule has 3 heterocycles. The van der Waals surface area contributed by atoms with Gasteiger partial charge in [0.2, 0.25) is 5.89 Å². The molecular formula is C16H9N3O2. The molecule has 0 unspecified atom stereocenters. The van der Waals surface area contributed by atoms with Crippen molar-refractivity contribution in [3.05, 3.63) is 65.1 Å². The van der Waals surface area contributed by atoms with Crippen LogP contribution in [-0.2, 0) is 0 Å². The molecule has 5 heteroatoms. The van der Waals surface area contributed by atoms with Gasteiger partial charge < -0.3 is 4.42 Å². The molecule has 0 aliphatic carbocycles. The van der Waals surface area contributed by atoms with Gasteiger partial charge in [0.15, 0.2) is 0 Å². The summed E-state index contributed by atoms with van der Waals surface area (Å²) in [7, 11) is 0. The van der Waals surface area contributed by atoms with Gasteiger partial charge in [-0.05, 0) is 36.4 Å². The summed E-state index contributed by atoms with van der Waals surface area (Å²) >= 11 is 0. The van der Waals surface area contributed by atoms with Gasteiger partial charge in [-0.2, -0.15) is 0 Å². The average molecular weight is 275 g/mol. The fourth-order valence-corrected chi connectivity index (χ4v) is 2.20. The number of pyridine rings is 2. The fourth-order valence-electron chi connectivity index (χ4n) is 2.20. The first-order valence-corrected chi connectivity index (χ1v) is 6.43. The smallest absolute Gasteiger partial charge is 0.347 e. The predicted octanol–water partition coefficient (Wildman–Crippen LogP) is 2.80. The minimum atomic E-state index is -0.413. The lowest BCUT2D eigenvalue weighted by molar-refractivity contribution is 0.516. The molecule has 0 saturated carbocycles. The van der Waals surface area contributed by atoms with E-state index in [1.165, 1.54) is 0 Å². The molecule has 0 radical (unpaired) electrons. The van der Waals surface area contributed by atoms with Crippen molar-refractivity contribution in [1.29, 1.82) is 0 Å². The van der Waals surface area contributed by atoms with Crippen molar-refractivity contribution in [2.45, 2.75) is 0 Å². The van der Waals surface area contributed by atoms with Gasteiger partial charge in [0.1, 0.15) is 5.69 Å². The molecule has 0 atom stereocenters. The number of hydrogen-bond donors (Lipinski definition) is 0. The van der Waals surface area contributed by atoms with Crippen LogP contribution in [0.2, 0.25) is 0 Å². The van der Waals surface area contributed by atoms with Gasteiger partial charge >= 0.3 is 5.63 Å². The van der Waals surface area contributed by atoms with Crippen LogP contribution in [0.15, 0.2) is 63.9 Å². The van der Waals surface area contributed by atoms with Crippen molar-refractivity contribution in [2.75, 3.05) is 0 Å². The zero-order chi connectivity index (χ0) is 14.2. The standard InChI is InChI=1S/C16H9N3O2/c20-16-10-4-1-2-5-11(10)19-15(21-16)14-8-7-12-13(18-14)6-3-9-17-12/h1-9H. The quantitative estimate of drug-likeness (QED) is 0.534. The molecule has 0 amide bonds. The van der Waals surface area contributed by atoms with E-state index in [0.717, 1.165) is 11.0 Å². The van der Waals surface area contributed by atoms with Crippen molar-refractivity contribution in [3.8, 4) is 11.6 Å². The number of nitrogens with zero attached hydrogens (tertiary/aromatic N) is 3. The largest absolute Gasteiger partial charge is 0.401 e. The van der Waals surface area contributed by atoms with Crippen LogP contribution >= 0.6 is 0 Å². The maximum atomic E-state index is 12.0. The molecule has 4 rings (SSSR count). The van der Waals surface area contributed by atoms with E-state index in [9.17, 15) is 4.79 Å². The Morgan fingerprint density at radius 3 is 2.62 bits per heavy atom. The summed E-state index contributed by atoms with van der Waals surface area (Å²) in [5.74, 6) is 0.212. The normalized spacial score (nSPS) is 11.0. The Hall–Kier alpha value is -3.08. The third-order valence-corrected chi connectivity index (χ3v) is 3.21. The minimum Gasteiger partial charge on any atom is -0.401 e. The first-order chi connectivity index (χ1) is 10.3. The van der Waals surface area contributed by atoms with Gasteiger partial charge in [-0.3, -0.25) is 4.98 Å². The highest BCUT2D eigenvalue weighted by atomic mass is 16.4. The lowest BCUT2D eigenvalue weighted by atomic mass is 10.2. The topological polar surface area (TPSA) is 68.9 Å². The molecule has 100 valence electrons.